The minimum atomic E-state index is -0.748. The fraction of sp³-hybridized carbons (Fsp3) is 0.929. The van der Waals surface area contributed by atoms with Gasteiger partial charge in [-0.3, -0.25) is 9.69 Å². The van der Waals surface area contributed by atoms with Crippen molar-refractivity contribution in [1.29, 1.82) is 0 Å². The van der Waals surface area contributed by atoms with Gasteiger partial charge in [-0.05, 0) is 30.6 Å². The van der Waals surface area contributed by atoms with Crippen molar-refractivity contribution in [3.05, 3.63) is 0 Å². The standard InChI is InChI=1S/C14H27NO3/c1-11-7-12(9-14(2,3)8-11)15(5-6-18-4)10-13(16)17/h11-12H,5-10H2,1-4H3,(H,16,17). The highest BCUT2D eigenvalue weighted by Crippen LogP contribution is 2.40. The Hall–Kier alpha value is -0.610. The average Bonchev–Trinajstić information content (AvgIpc) is 2.20. The molecule has 1 rings (SSSR count). The fourth-order valence-corrected chi connectivity index (χ4v) is 3.35. The first kappa shape index (κ1) is 15.4. The van der Waals surface area contributed by atoms with Gasteiger partial charge in [0.15, 0.2) is 0 Å². The Morgan fingerprint density at radius 2 is 2.11 bits per heavy atom. The zero-order valence-electron chi connectivity index (χ0n) is 12.1. The molecule has 0 radical (unpaired) electrons. The summed E-state index contributed by atoms with van der Waals surface area (Å²) >= 11 is 0. The molecule has 0 aromatic rings. The van der Waals surface area contributed by atoms with Crippen LogP contribution in [0.4, 0.5) is 0 Å². The molecule has 0 spiro atoms. The van der Waals surface area contributed by atoms with Crippen molar-refractivity contribution in [3.8, 4) is 0 Å². The number of ether oxygens (including phenoxy) is 1. The fourth-order valence-electron chi connectivity index (χ4n) is 3.35. The topological polar surface area (TPSA) is 49.8 Å². The van der Waals surface area contributed by atoms with E-state index in [9.17, 15) is 4.79 Å². The predicted molar refractivity (Wildman–Crippen MR) is 71.7 cm³/mol. The molecule has 4 heteroatoms. The van der Waals surface area contributed by atoms with Crippen LogP contribution >= 0.6 is 0 Å². The smallest absolute Gasteiger partial charge is 0.317 e. The lowest BCUT2D eigenvalue weighted by Gasteiger charge is -2.43. The van der Waals surface area contributed by atoms with Crippen molar-refractivity contribution >= 4 is 5.97 Å². The van der Waals surface area contributed by atoms with E-state index in [0.717, 1.165) is 12.8 Å². The first-order valence-electron chi connectivity index (χ1n) is 6.79. The first-order valence-corrected chi connectivity index (χ1v) is 6.79. The van der Waals surface area contributed by atoms with E-state index in [4.69, 9.17) is 9.84 Å². The van der Waals surface area contributed by atoms with Gasteiger partial charge >= 0.3 is 5.97 Å². The molecular formula is C14H27NO3. The summed E-state index contributed by atoms with van der Waals surface area (Å²) in [5, 5.41) is 9.03. The summed E-state index contributed by atoms with van der Waals surface area (Å²) in [6, 6.07) is 0.370. The van der Waals surface area contributed by atoms with Gasteiger partial charge in [-0.15, -0.1) is 0 Å². The van der Waals surface area contributed by atoms with E-state index in [1.165, 1.54) is 6.42 Å². The Morgan fingerprint density at radius 1 is 1.44 bits per heavy atom. The SMILES string of the molecule is COCCN(CC(=O)O)C1CC(C)CC(C)(C)C1. The van der Waals surface area contributed by atoms with E-state index in [1.807, 2.05) is 0 Å². The maximum absolute atomic E-state index is 11.0. The maximum atomic E-state index is 11.0. The molecule has 1 aliphatic rings. The zero-order valence-corrected chi connectivity index (χ0v) is 12.1. The third-order valence-electron chi connectivity index (χ3n) is 3.80. The van der Waals surface area contributed by atoms with Crippen molar-refractivity contribution < 1.29 is 14.6 Å². The van der Waals surface area contributed by atoms with E-state index in [1.54, 1.807) is 7.11 Å². The van der Waals surface area contributed by atoms with E-state index < -0.39 is 5.97 Å². The molecule has 4 nitrogen and oxygen atoms in total. The lowest BCUT2D eigenvalue weighted by Crippen LogP contribution is -2.46. The number of methoxy groups -OCH3 is 1. The van der Waals surface area contributed by atoms with E-state index in [-0.39, 0.29) is 6.54 Å². The molecule has 2 unspecified atom stereocenters. The van der Waals surface area contributed by atoms with Crippen LogP contribution in [0.2, 0.25) is 0 Å². The Kier molecular flexibility index (Phi) is 5.60. The molecule has 18 heavy (non-hydrogen) atoms. The number of aliphatic carboxylic acids is 1. The minimum Gasteiger partial charge on any atom is -0.480 e. The lowest BCUT2D eigenvalue weighted by atomic mass is 9.70. The van der Waals surface area contributed by atoms with E-state index >= 15 is 0 Å². The van der Waals surface area contributed by atoms with Crippen molar-refractivity contribution in [3.63, 3.8) is 0 Å². The second kappa shape index (κ2) is 6.53. The van der Waals surface area contributed by atoms with Crippen LogP contribution in [0.25, 0.3) is 0 Å². The van der Waals surface area contributed by atoms with Crippen molar-refractivity contribution in [2.24, 2.45) is 11.3 Å². The van der Waals surface area contributed by atoms with Crippen molar-refractivity contribution in [2.75, 3.05) is 26.8 Å². The second-order valence-corrected chi connectivity index (χ2v) is 6.42. The number of carbonyl (C=O) groups is 1. The molecule has 0 aliphatic heterocycles. The lowest BCUT2D eigenvalue weighted by molar-refractivity contribution is -0.139. The molecule has 0 aromatic heterocycles. The Bertz CT molecular complexity index is 278. The maximum Gasteiger partial charge on any atom is 0.317 e. The molecule has 0 aromatic carbocycles. The number of carboxylic acids is 1. The molecular weight excluding hydrogens is 230 g/mol. The molecule has 1 aliphatic carbocycles. The zero-order chi connectivity index (χ0) is 13.8. The van der Waals surface area contributed by atoms with Crippen LogP contribution < -0.4 is 0 Å². The summed E-state index contributed by atoms with van der Waals surface area (Å²) in [6.45, 7) is 8.25. The first-order chi connectivity index (χ1) is 8.34. The van der Waals surface area contributed by atoms with Crippen LogP contribution in [0.1, 0.15) is 40.0 Å². The highest BCUT2D eigenvalue weighted by atomic mass is 16.5. The molecule has 0 heterocycles. The molecule has 0 saturated heterocycles. The van der Waals surface area contributed by atoms with Crippen LogP contribution in [0.15, 0.2) is 0 Å². The minimum absolute atomic E-state index is 0.122. The summed E-state index contributed by atoms with van der Waals surface area (Å²) in [5.74, 6) is -0.0836. The average molecular weight is 257 g/mol. The van der Waals surface area contributed by atoms with E-state index in [0.29, 0.717) is 30.5 Å². The summed E-state index contributed by atoms with van der Waals surface area (Å²) in [4.78, 5) is 13.0. The molecule has 1 N–H and O–H groups in total. The predicted octanol–water partition coefficient (Wildman–Crippen LogP) is 2.23. The number of nitrogens with zero attached hydrogens (tertiary/aromatic N) is 1. The number of hydrogen-bond donors (Lipinski definition) is 1. The van der Waals surface area contributed by atoms with Gasteiger partial charge in [0, 0.05) is 19.7 Å². The third kappa shape index (κ3) is 4.94. The molecule has 1 saturated carbocycles. The number of hydrogen-bond acceptors (Lipinski definition) is 3. The van der Waals surface area contributed by atoms with Gasteiger partial charge in [0.2, 0.25) is 0 Å². The van der Waals surface area contributed by atoms with Gasteiger partial charge in [0.25, 0.3) is 0 Å². The monoisotopic (exact) mass is 257 g/mol. The van der Waals surface area contributed by atoms with E-state index in [2.05, 4.69) is 25.7 Å². The number of rotatable bonds is 6. The highest BCUT2D eigenvalue weighted by molar-refractivity contribution is 5.69. The van der Waals surface area contributed by atoms with Gasteiger partial charge in [0.1, 0.15) is 0 Å². The Labute approximate surface area is 110 Å². The Morgan fingerprint density at radius 3 is 2.61 bits per heavy atom. The third-order valence-corrected chi connectivity index (χ3v) is 3.80. The summed E-state index contributed by atoms with van der Waals surface area (Å²) in [7, 11) is 1.66. The molecule has 106 valence electrons. The Balaban J connectivity index is 2.67. The molecule has 0 amide bonds. The second-order valence-electron chi connectivity index (χ2n) is 6.42. The normalized spacial score (nSPS) is 27.4. The summed E-state index contributed by atoms with van der Waals surface area (Å²) in [6.07, 6.45) is 3.41. The van der Waals surface area contributed by atoms with Gasteiger partial charge in [0.05, 0.1) is 13.2 Å². The van der Waals surface area contributed by atoms with Gasteiger partial charge in [-0.1, -0.05) is 20.8 Å². The molecule has 1 fully saturated rings. The molecule has 2 atom stereocenters. The highest BCUT2D eigenvalue weighted by Gasteiger charge is 2.35. The van der Waals surface area contributed by atoms with Crippen molar-refractivity contribution in [1.82, 2.24) is 4.90 Å². The number of carboxylic acid groups (broad SMARTS) is 1. The summed E-state index contributed by atoms with van der Waals surface area (Å²) in [5.41, 5.74) is 0.312. The van der Waals surface area contributed by atoms with Crippen LogP contribution in [-0.4, -0.2) is 48.8 Å². The molecule has 0 bridgehead atoms. The van der Waals surface area contributed by atoms with Crippen LogP contribution in [0, 0.1) is 11.3 Å². The van der Waals surface area contributed by atoms with Crippen LogP contribution in [0.3, 0.4) is 0 Å². The summed E-state index contributed by atoms with van der Waals surface area (Å²) < 4.78 is 5.09. The van der Waals surface area contributed by atoms with Gasteiger partial charge < -0.3 is 9.84 Å². The quantitative estimate of drug-likeness (QED) is 0.793. The van der Waals surface area contributed by atoms with Crippen LogP contribution in [-0.2, 0) is 9.53 Å². The van der Waals surface area contributed by atoms with Crippen LogP contribution in [0.5, 0.6) is 0 Å². The largest absolute Gasteiger partial charge is 0.480 e. The van der Waals surface area contributed by atoms with Crippen molar-refractivity contribution in [2.45, 2.75) is 46.1 Å². The van der Waals surface area contributed by atoms with Gasteiger partial charge in [-0.2, -0.15) is 0 Å². The van der Waals surface area contributed by atoms with Gasteiger partial charge in [-0.25, -0.2) is 0 Å².